The van der Waals surface area contributed by atoms with E-state index in [2.05, 4.69) is 4.98 Å². The number of thiazole rings is 1. The Bertz CT molecular complexity index is 1340. The second-order valence-electron chi connectivity index (χ2n) is 8.16. The summed E-state index contributed by atoms with van der Waals surface area (Å²) in [7, 11) is -1.18. The van der Waals surface area contributed by atoms with E-state index in [0.717, 1.165) is 34.8 Å². The first-order valence-corrected chi connectivity index (χ1v) is 13.9. The number of furan rings is 1. The molecule has 0 atom stereocenters. The molecular formula is C24H30N4O7S2. The van der Waals surface area contributed by atoms with Crippen LogP contribution in [0.5, 0.6) is 11.5 Å². The molecule has 2 amide bonds. The number of carbonyl (C=O) groups is 2. The van der Waals surface area contributed by atoms with Crippen LogP contribution in [0.2, 0.25) is 0 Å². The van der Waals surface area contributed by atoms with Gasteiger partial charge in [-0.25, -0.2) is 14.8 Å². The van der Waals surface area contributed by atoms with E-state index in [1.54, 1.807) is 21.8 Å². The summed E-state index contributed by atoms with van der Waals surface area (Å²) in [6.07, 6.45) is 2.05. The van der Waals surface area contributed by atoms with Gasteiger partial charge in [-0.05, 0) is 37.6 Å². The molecule has 0 fully saturated rings. The molecule has 3 rings (SSSR count). The summed E-state index contributed by atoms with van der Waals surface area (Å²) in [6.45, 7) is 4.32. The van der Waals surface area contributed by atoms with Crippen molar-refractivity contribution in [1.82, 2.24) is 14.6 Å². The normalized spacial score (nSPS) is 11.3. The van der Waals surface area contributed by atoms with Gasteiger partial charge in [0.2, 0.25) is 0 Å². The number of benzene rings is 1. The lowest BCUT2D eigenvalue weighted by Crippen LogP contribution is -2.36. The number of hydrogen-bond donors (Lipinski definition) is 2. The Kier molecular flexibility index (Phi) is 9.29. The SMILES string of the molecule is CCc1ccc(CCCN(Cc2nc(C(=O)NS(N)(=O)=O)cs2)C(=O)c2cc(OC)c(C)c(OC)c2)o1. The molecule has 11 nitrogen and oxygen atoms in total. The molecule has 0 spiro atoms. The molecule has 0 bridgehead atoms. The van der Waals surface area contributed by atoms with Crippen LogP contribution in [0, 0.1) is 6.92 Å². The monoisotopic (exact) mass is 550 g/mol. The van der Waals surface area contributed by atoms with Crippen LogP contribution >= 0.6 is 11.3 Å². The van der Waals surface area contributed by atoms with E-state index in [1.165, 1.54) is 19.6 Å². The van der Waals surface area contributed by atoms with E-state index < -0.39 is 16.1 Å². The Labute approximate surface area is 219 Å². The molecule has 3 N–H and O–H groups in total. The first-order chi connectivity index (χ1) is 17.5. The van der Waals surface area contributed by atoms with Gasteiger partial charge in [0, 0.05) is 35.9 Å². The van der Waals surface area contributed by atoms with Crippen LogP contribution in [-0.4, -0.2) is 50.9 Å². The molecule has 0 aliphatic heterocycles. The molecule has 0 aliphatic carbocycles. The van der Waals surface area contributed by atoms with Gasteiger partial charge in [-0.15, -0.1) is 11.3 Å². The molecule has 37 heavy (non-hydrogen) atoms. The topological polar surface area (TPSA) is 154 Å². The minimum atomic E-state index is -4.22. The number of ether oxygens (including phenoxy) is 2. The number of carbonyl (C=O) groups excluding carboxylic acids is 2. The molecule has 0 unspecified atom stereocenters. The number of amides is 2. The third-order valence-corrected chi connectivity index (χ3v) is 6.85. The zero-order valence-corrected chi connectivity index (χ0v) is 22.7. The Hall–Kier alpha value is -3.42. The third-order valence-electron chi connectivity index (χ3n) is 5.55. The molecule has 0 saturated carbocycles. The van der Waals surface area contributed by atoms with Gasteiger partial charge >= 0.3 is 0 Å². The first-order valence-electron chi connectivity index (χ1n) is 11.4. The van der Waals surface area contributed by atoms with Crippen LogP contribution in [0.3, 0.4) is 0 Å². The molecule has 3 aromatic rings. The predicted octanol–water partition coefficient (Wildman–Crippen LogP) is 2.83. The van der Waals surface area contributed by atoms with Crippen LogP contribution < -0.4 is 19.3 Å². The summed E-state index contributed by atoms with van der Waals surface area (Å²) in [5.41, 5.74) is 1.03. The fourth-order valence-electron chi connectivity index (χ4n) is 3.67. The largest absolute Gasteiger partial charge is 0.496 e. The smallest absolute Gasteiger partial charge is 0.299 e. The summed E-state index contributed by atoms with van der Waals surface area (Å²) < 4.78 is 40.6. The van der Waals surface area contributed by atoms with E-state index >= 15 is 0 Å². The summed E-state index contributed by atoms with van der Waals surface area (Å²) in [5.74, 6) is 1.54. The van der Waals surface area contributed by atoms with E-state index in [1.807, 2.05) is 26.0 Å². The van der Waals surface area contributed by atoms with Crippen LogP contribution in [0.1, 0.15) is 56.3 Å². The second kappa shape index (κ2) is 12.2. The van der Waals surface area contributed by atoms with Crippen molar-refractivity contribution in [3.63, 3.8) is 0 Å². The quantitative estimate of drug-likeness (QED) is 0.349. The van der Waals surface area contributed by atoms with Crippen molar-refractivity contribution in [3.8, 4) is 11.5 Å². The summed E-state index contributed by atoms with van der Waals surface area (Å²) in [6, 6.07) is 7.17. The van der Waals surface area contributed by atoms with Crippen molar-refractivity contribution in [2.24, 2.45) is 5.14 Å². The lowest BCUT2D eigenvalue weighted by atomic mass is 10.1. The van der Waals surface area contributed by atoms with Crippen molar-refractivity contribution < 1.29 is 31.9 Å². The summed E-state index contributed by atoms with van der Waals surface area (Å²) in [5, 5.41) is 6.73. The van der Waals surface area contributed by atoms with Crippen LogP contribution in [0.25, 0.3) is 0 Å². The molecule has 1 aromatic carbocycles. The average molecular weight is 551 g/mol. The van der Waals surface area contributed by atoms with Crippen molar-refractivity contribution in [2.45, 2.75) is 39.7 Å². The van der Waals surface area contributed by atoms with Gasteiger partial charge < -0.3 is 18.8 Å². The van der Waals surface area contributed by atoms with Gasteiger partial charge in [0.25, 0.3) is 22.0 Å². The van der Waals surface area contributed by atoms with E-state index in [4.69, 9.17) is 19.0 Å². The third kappa shape index (κ3) is 7.54. The van der Waals surface area contributed by atoms with Gasteiger partial charge in [-0.2, -0.15) is 8.42 Å². The Morgan fingerprint density at radius 1 is 1.16 bits per heavy atom. The zero-order valence-electron chi connectivity index (χ0n) is 21.1. The Morgan fingerprint density at radius 2 is 1.81 bits per heavy atom. The number of nitrogens with two attached hydrogens (primary N) is 1. The van der Waals surface area contributed by atoms with Gasteiger partial charge in [0.15, 0.2) is 0 Å². The van der Waals surface area contributed by atoms with Crippen LogP contribution in [0.4, 0.5) is 0 Å². The standard InChI is InChI=1S/C24H30N4O7S2/c1-5-17-8-9-18(35-17)7-6-10-28(13-22-26-19(14-36-22)23(29)27-37(25,31)32)24(30)16-11-20(33-3)15(2)21(12-16)34-4/h8-9,11-12,14H,5-7,10,13H2,1-4H3,(H,27,29)(H2,25,31,32). The zero-order chi connectivity index (χ0) is 27.2. The van der Waals surface area contributed by atoms with E-state index in [-0.39, 0.29) is 18.1 Å². The summed E-state index contributed by atoms with van der Waals surface area (Å²) in [4.78, 5) is 31.5. The molecule has 0 aliphatic rings. The first kappa shape index (κ1) is 28.2. The minimum Gasteiger partial charge on any atom is -0.496 e. The Morgan fingerprint density at radius 3 is 2.38 bits per heavy atom. The molecule has 0 saturated heterocycles. The highest BCUT2D eigenvalue weighted by atomic mass is 32.2. The highest BCUT2D eigenvalue weighted by Gasteiger charge is 2.22. The molecular weight excluding hydrogens is 520 g/mol. The van der Waals surface area contributed by atoms with Gasteiger partial charge in [0.1, 0.15) is 33.7 Å². The highest BCUT2D eigenvalue weighted by Crippen LogP contribution is 2.30. The molecule has 2 aromatic heterocycles. The highest BCUT2D eigenvalue weighted by molar-refractivity contribution is 7.87. The molecule has 13 heteroatoms. The maximum absolute atomic E-state index is 13.6. The lowest BCUT2D eigenvalue weighted by Gasteiger charge is -2.23. The van der Waals surface area contributed by atoms with Crippen molar-refractivity contribution in [1.29, 1.82) is 0 Å². The number of aryl methyl sites for hydroxylation is 2. The average Bonchev–Trinajstić information content (AvgIpc) is 3.51. The van der Waals surface area contributed by atoms with Crippen molar-refractivity contribution in [3.05, 3.63) is 63.0 Å². The van der Waals surface area contributed by atoms with Crippen LogP contribution in [-0.2, 0) is 29.6 Å². The number of nitrogens with one attached hydrogen (secondary N) is 1. The van der Waals surface area contributed by atoms with Crippen molar-refractivity contribution in [2.75, 3.05) is 20.8 Å². The van der Waals surface area contributed by atoms with E-state index in [9.17, 15) is 18.0 Å². The number of rotatable bonds is 12. The maximum atomic E-state index is 13.6. The number of methoxy groups -OCH3 is 2. The Balaban J connectivity index is 1.84. The van der Waals surface area contributed by atoms with Gasteiger partial charge in [-0.1, -0.05) is 6.92 Å². The van der Waals surface area contributed by atoms with Crippen molar-refractivity contribution >= 4 is 33.4 Å². The van der Waals surface area contributed by atoms with Gasteiger partial charge in [0.05, 0.1) is 20.8 Å². The number of hydrogen-bond acceptors (Lipinski definition) is 9. The maximum Gasteiger partial charge on any atom is 0.299 e. The van der Waals surface area contributed by atoms with E-state index in [0.29, 0.717) is 41.5 Å². The number of aromatic nitrogens is 1. The predicted molar refractivity (Wildman–Crippen MR) is 138 cm³/mol. The second-order valence-corrected chi connectivity index (χ2v) is 10.4. The number of nitrogens with zero attached hydrogens (tertiary/aromatic N) is 2. The van der Waals surface area contributed by atoms with Crippen LogP contribution in [0.15, 0.2) is 34.1 Å². The fraction of sp³-hybridized carbons (Fsp3) is 0.375. The molecule has 200 valence electrons. The molecule has 2 heterocycles. The van der Waals surface area contributed by atoms with Gasteiger partial charge in [-0.3, -0.25) is 9.59 Å². The summed E-state index contributed by atoms with van der Waals surface area (Å²) >= 11 is 1.13. The minimum absolute atomic E-state index is 0.100. The lowest BCUT2D eigenvalue weighted by molar-refractivity contribution is 0.0739. The molecule has 0 radical (unpaired) electrons. The fourth-order valence-corrected chi connectivity index (χ4v) is 4.82.